The minimum absolute atomic E-state index is 0.249. The van der Waals surface area contributed by atoms with Gasteiger partial charge in [-0.05, 0) is 0 Å². The van der Waals surface area contributed by atoms with Crippen molar-refractivity contribution >= 4 is 6.29 Å². The lowest BCUT2D eigenvalue weighted by Crippen LogP contribution is -2.44. The summed E-state index contributed by atoms with van der Waals surface area (Å²) in [7, 11) is 0. The molecule has 0 heterocycles. The lowest BCUT2D eigenvalue weighted by atomic mass is 10.1. The maximum Gasteiger partial charge on any atom is 0.198 e. The van der Waals surface area contributed by atoms with Crippen molar-refractivity contribution in [1.82, 2.24) is 0 Å². The zero-order chi connectivity index (χ0) is 8.20. The summed E-state index contributed by atoms with van der Waals surface area (Å²) in [4.78, 5) is 9.73. The molecule has 0 aromatic rings. The molecule has 1 unspecified atom stereocenters. The fraction of sp³-hybridized carbons (Fsp3) is 0.800. The Morgan fingerprint density at radius 3 is 2.30 bits per heavy atom. The Balaban J connectivity index is 3.94. The predicted molar refractivity (Wildman–Crippen MR) is 30.9 cm³/mol. The van der Waals surface area contributed by atoms with Gasteiger partial charge in [0, 0.05) is 0 Å². The van der Waals surface area contributed by atoms with E-state index in [0.717, 1.165) is 0 Å². The van der Waals surface area contributed by atoms with E-state index in [1.54, 1.807) is 0 Å². The molecule has 60 valence electrons. The van der Waals surface area contributed by atoms with Gasteiger partial charge >= 0.3 is 0 Å². The van der Waals surface area contributed by atoms with Crippen molar-refractivity contribution in [3.63, 3.8) is 0 Å². The molecule has 0 bridgehead atoms. The van der Waals surface area contributed by atoms with Gasteiger partial charge in [0.2, 0.25) is 0 Å². The quantitative estimate of drug-likeness (QED) is 0.265. The molecule has 5 nitrogen and oxygen atoms in total. The first-order valence-corrected chi connectivity index (χ1v) is 2.72. The summed E-state index contributed by atoms with van der Waals surface area (Å²) in [6, 6.07) is 0. The molecule has 0 aliphatic rings. The third-order valence-electron chi connectivity index (χ3n) is 1.09. The maximum absolute atomic E-state index is 9.73. The summed E-state index contributed by atoms with van der Waals surface area (Å²) in [6.07, 6.45) is -2.06. The van der Waals surface area contributed by atoms with Crippen molar-refractivity contribution in [2.45, 2.75) is 18.3 Å². The predicted octanol–water partition coefficient (Wildman–Crippen LogP) is -2.39. The SMILES string of the molecule is O=CCC(O)(O)C(O)CO. The number of hydrogen-bond donors (Lipinski definition) is 4. The fourth-order valence-electron chi connectivity index (χ4n) is 0.405. The molecule has 4 N–H and O–H groups in total. The van der Waals surface area contributed by atoms with Crippen LogP contribution in [0.3, 0.4) is 0 Å². The molecule has 0 aliphatic heterocycles. The molecule has 0 aromatic carbocycles. The molecule has 0 radical (unpaired) electrons. The zero-order valence-corrected chi connectivity index (χ0v) is 5.27. The Morgan fingerprint density at radius 2 is 2.00 bits per heavy atom. The molecular weight excluding hydrogens is 140 g/mol. The second-order valence-electron chi connectivity index (χ2n) is 1.95. The van der Waals surface area contributed by atoms with Gasteiger partial charge in [0.1, 0.15) is 12.4 Å². The standard InChI is InChI=1S/C5H10O5/c6-2-1-5(9,10)4(8)3-7/h2,4,7-10H,1,3H2. The molecule has 5 heteroatoms. The number of carbonyl (C=O) groups is 1. The third-order valence-corrected chi connectivity index (χ3v) is 1.09. The summed E-state index contributed by atoms with van der Waals surface area (Å²) in [5.74, 6) is -2.50. The van der Waals surface area contributed by atoms with Gasteiger partial charge in [-0.3, -0.25) is 0 Å². The smallest absolute Gasteiger partial charge is 0.198 e. The Hall–Kier alpha value is -0.490. The Labute approximate surface area is 57.5 Å². The van der Waals surface area contributed by atoms with Crippen LogP contribution in [0.15, 0.2) is 0 Å². The molecule has 0 fully saturated rings. The van der Waals surface area contributed by atoms with Gasteiger partial charge in [0.25, 0.3) is 0 Å². The first-order chi connectivity index (χ1) is 4.54. The summed E-state index contributed by atoms with van der Waals surface area (Å²) in [5.41, 5.74) is 0. The van der Waals surface area contributed by atoms with Gasteiger partial charge in [-0.25, -0.2) is 0 Å². The number of aliphatic hydroxyl groups excluding tert-OH is 2. The van der Waals surface area contributed by atoms with Crippen molar-refractivity contribution in [2.24, 2.45) is 0 Å². The van der Waals surface area contributed by atoms with Crippen molar-refractivity contribution in [1.29, 1.82) is 0 Å². The van der Waals surface area contributed by atoms with Crippen LogP contribution in [0, 0.1) is 0 Å². The molecule has 0 amide bonds. The molecule has 0 aliphatic carbocycles. The average Bonchev–Trinajstić information content (AvgIpc) is 1.86. The Bertz CT molecular complexity index is 111. The second kappa shape index (κ2) is 3.62. The van der Waals surface area contributed by atoms with Gasteiger partial charge in [0.15, 0.2) is 5.79 Å². The van der Waals surface area contributed by atoms with Crippen LogP contribution < -0.4 is 0 Å². The highest BCUT2D eigenvalue weighted by Crippen LogP contribution is 2.08. The van der Waals surface area contributed by atoms with Crippen molar-refractivity contribution in [3.8, 4) is 0 Å². The number of hydrogen-bond acceptors (Lipinski definition) is 5. The highest BCUT2D eigenvalue weighted by molar-refractivity contribution is 5.50. The van der Waals surface area contributed by atoms with Crippen LogP contribution >= 0.6 is 0 Å². The summed E-state index contributed by atoms with van der Waals surface area (Å²) in [6.45, 7) is -0.791. The van der Waals surface area contributed by atoms with E-state index in [2.05, 4.69) is 0 Å². The highest BCUT2D eigenvalue weighted by Gasteiger charge is 2.31. The molecule has 0 saturated heterocycles. The number of aldehydes is 1. The number of aliphatic hydroxyl groups is 4. The summed E-state index contributed by atoms with van der Waals surface area (Å²) in [5, 5.41) is 34.2. The van der Waals surface area contributed by atoms with Gasteiger partial charge < -0.3 is 25.2 Å². The normalized spacial score (nSPS) is 14.8. The second-order valence-corrected chi connectivity index (χ2v) is 1.95. The number of carbonyl (C=O) groups excluding carboxylic acids is 1. The van der Waals surface area contributed by atoms with E-state index in [1.807, 2.05) is 0 Å². The molecule has 0 rings (SSSR count). The number of rotatable bonds is 4. The Kier molecular flexibility index (Phi) is 3.45. The minimum Gasteiger partial charge on any atom is -0.393 e. The first-order valence-electron chi connectivity index (χ1n) is 2.72. The van der Waals surface area contributed by atoms with E-state index in [9.17, 15) is 4.79 Å². The van der Waals surface area contributed by atoms with E-state index in [-0.39, 0.29) is 6.29 Å². The minimum atomic E-state index is -2.50. The highest BCUT2D eigenvalue weighted by atomic mass is 16.5. The van der Waals surface area contributed by atoms with Crippen LogP contribution in [0.5, 0.6) is 0 Å². The van der Waals surface area contributed by atoms with Crippen LogP contribution in [0.2, 0.25) is 0 Å². The van der Waals surface area contributed by atoms with Gasteiger partial charge in [-0.2, -0.15) is 0 Å². The molecule has 0 saturated carbocycles. The van der Waals surface area contributed by atoms with E-state index in [0.29, 0.717) is 0 Å². The zero-order valence-electron chi connectivity index (χ0n) is 5.27. The van der Waals surface area contributed by atoms with Gasteiger partial charge in [0.05, 0.1) is 13.0 Å². The average molecular weight is 150 g/mol. The lowest BCUT2D eigenvalue weighted by molar-refractivity contribution is -0.231. The fourth-order valence-corrected chi connectivity index (χ4v) is 0.405. The van der Waals surface area contributed by atoms with Gasteiger partial charge in [-0.1, -0.05) is 0 Å². The van der Waals surface area contributed by atoms with Gasteiger partial charge in [-0.15, -0.1) is 0 Å². The molecule has 10 heavy (non-hydrogen) atoms. The monoisotopic (exact) mass is 150 g/mol. The van der Waals surface area contributed by atoms with Crippen LogP contribution in [0.1, 0.15) is 6.42 Å². The van der Waals surface area contributed by atoms with E-state index in [1.165, 1.54) is 0 Å². The Morgan fingerprint density at radius 1 is 1.50 bits per heavy atom. The molecular formula is C5H10O5. The van der Waals surface area contributed by atoms with Crippen LogP contribution in [-0.4, -0.2) is 45.2 Å². The lowest BCUT2D eigenvalue weighted by Gasteiger charge is -2.23. The topological polar surface area (TPSA) is 98.0 Å². The molecule has 0 aromatic heterocycles. The van der Waals surface area contributed by atoms with Crippen LogP contribution in [-0.2, 0) is 4.79 Å². The van der Waals surface area contributed by atoms with Crippen molar-refractivity contribution in [2.75, 3.05) is 6.61 Å². The van der Waals surface area contributed by atoms with E-state index >= 15 is 0 Å². The molecule has 0 spiro atoms. The van der Waals surface area contributed by atoms with Crippen molar-refractivity contribution in [3.05, 3.63) is 0 Å². The van der Waals surface area contributed by atoms with E-state index < -0.39 is 24.9 Å². The summed E-state index contributed by atoms with van der Waals surface area (Å²) < 4.78 is 0. The van der Waals surface area contributed by atoms with Crippen LogP contribution in [0.4, 0.5) is 0 Å². The third kappa shape index (κ3) is 2.40. The van der Waals surface area contributed by atoms with E-state index in [4.69, 9.17) is 20.4 Å². The van der Waals surface area contributed by atoms with Crippen molar-refractivity contribution < 1.29 is 25.2 Å². The summed E-state index contributed by atoms with van der Waals surface area (Å²) >= 11 is 0. The molecule has 1 atom stereocenters. The first kappa shape index (κ1) is 9.51. The largest absolute Gasteiger partial charge is 0.393 e. The maximum atomic E-state index is 9.73. The van der Waals surface area contributed by atoms with Crippen LogP contribution in [0.25, 0.3) is 0 Å².